The third-order valence-corrected chi connectivity index (χ3v) is 3.92. The Morgan fingerprint density at radius 3 is 2.35 bits per heavy atom. The van der Waals surface area contributed by atoms with Crippen LogP contribution in [0.1, 0.15) is 52.4 Å². The van der Waals surface area contributed by atoms with Crippen molar-refractivity contribution >= 4 is 22.7 Å². The zero-order valence-corrected chi connectivity index (χ0v) is 11.6. The van der Waals surface area contributed by atoms with Crippen molar-refractivity contribution in [1.82, 2.24) is 0 Å². The molecular formula is C14H22O2S. The summed E-state index contributed by atoms with van der Waals surface area (Å²) in [5.74, 6) is 0.929. The number of ketones is 1. The summed E-state index contributed by atoms with van der Waals surface area (Å²) in [5.41, 5.74) is 0.450. The Labute approximate surface area is 108 Å². The number of carbonyl (C=O) groups is 2. The zero-order chi connectivity index (χ0) is 12.7. The van der Waals surface area contributed by atoms with Crippen molar-refractivity contribution in [3.8, 4) is 0 Å². The number of thioether (sulfide) groups is 1. The number of rotatable bonds is 5. The fourth-order valence-electron chi connectivity index (χ4n) is 2.28. The predicted octanol–water partition coefficient (Wildman–Crippen LogP) is 3.75. The van der Waals surface area contributed by atoms with Crippen LogP contribution in [0, 0.1) is 5.92 Å². The minimum Gasteiger partial charge on any atom is -0.294 e. The number of hydrogen-bond donors (Lipinski definition) is 0. The molecule has 1 aliphatic rings. The molecule has 0 unspecified atom stereocenters. The Morgan fingerprint density at radius 2 is 1.82 bits per heavy atom. The lowest BCUT2D eigenvalue weighted by Crippen LogP contribution is -2.22. The van der Waals surface area contributed by atoms with Gasteiger partial charge in [0.2, 0.25) is 5.12 Å². The maximum absolute atomic E-state index is 12.3. The maximum atomic E-state index is 12.3. The SMILES string of the molecule is CC/C=C(\C(=O)SCC)C(=O)C1CCCCC1. The van der Waals surface area contributed by atoms with E-state index in [1.54, 1.807) is 0 Å². The van der Waals surface area contributed by atoms with Crippen molar-refractivity contribution in [2.45, 2.75) is 52.4 Å². The molecule has 0 amide bonds. The van der Waals surface area contributed by atoms with Crippen molar-refractivity contribution in [2.24, 2.45) is 5.92 Å². The van der Waals surface area contributed by atoms with Gasteiger partial charge in [-0.3, -0.25) is 9.59 Å². The Balaban J connectivity index is 2.72. The molecule has 0 atom stereocenters. The molecule has 0 N–H and O–H groups in total. The van der Waals surface area contributed by atoms with Gasteiger partial charge in [0, 0.05) is 5.92 Å². The van der Waals surface area contributed by atoms with E-state index >= 15 is 0 Å². The lowest BCUT2D eigenvalue weighted by molar-refractivity contribution is -0.122. The van der Waals surface area contributed by atoms with Crippen LogP contribution in [0.5, 0.6) is 0 Å². The minimum absolute atomic E-state index is 0.0371. The van der Waals surface area contributed by atoms with Gasteiger partial charge in [-0.1, -0.05) is 50.9 Å². The number of Topliss-reactive ketones (excluding diaryl/α,β-unsaturated/α-hetero) is 1. The van der Waals surface area contributed by atoms with Gasteiger partial charge in [0.05, 0.1) is 5.57 Å². The molecule has 17 heavy (non-hydrogen) atoms. The summed E-state index contributed by atoms with van der Waals surface area (Å²) < 4.78 is 0. The Bertz CT molecular complexity index is 301. The van der Waals surface area contributed by atoms with E-state index in [1.807, 2.05) is 19.9 Å². The van der Waals surface area contributed by atoms with Gasteiger partial charge >= 0.3 is 0 Å². The number of allylic oxidation sites excluding steroid dienone is 1. The first kappa shape index (κ1) is 14.5. The van der Waals surface area contributed by atoms with Crippen LogP contribution in [0.3, 0.4) is 0 Å². The summed E-state index contributed by atoms with van der Waals surface area (Å²) in [4.78, 5) is 24.2. The lowest BCUT2D eigenvalue weighted by Gasteiger charge is -2.21. The summed E-state index contributed by atoms with van der Waals surface area (Å²) in [6.45, 7) is 3.91. The van der Waals surface area contributed by atoms with Crippen LogP contribution < -0.4 is 0 Å². The van der Waals surface area contributed by atoms with Crippen LogP contribution in [0.4, 0.5) is 0 Å². The molecule has 3 heteroatoms. The fourth-order valence-corrected chi connectivity index (χ4v) is 2.88. The highest BCUT2D eigenvalue weighted by atomic mass is 32.2. The monoisotopic (exact) mass is 254 g/mol. The van der Waals surface area contributed by atoms with E-state index in [0.29, 0.717) is 5.57 Å². The zero-order valence-electron chi connectivity index (χ0n) is 10.8. The second kappa shape index (κ2) is 7.70. The molecule has 1 rings (SSSR count). The highest BCUT2D eigenvalue weighted by Crippen LogP contribution is 2.28. The largest absolute Gasteiger partial charge is 0.294 e. The Morgan fingerprint density at radius 1 is 1.18 bits per heavy atom. The molecule has 0 radical (unpaired) electrons. The molecule has 0 bridgehead atoms. The Kier molecular flexibility index (Phi) is 6.56. The predicted molar refractivity (Wildman–Crippen MR) is 73.1 cm³/mol. The molecule has 0 aromatic carbocycles. The van der Waals surface area contributed by atoms with Crippen LogP contribution >= 0.6 is 11.8 Å². The first-order valence-corrected chi connectivity index (χ1v) is 7.60. The van der Waals surface area contributed by atoms with E-state index in [0.717, 1.165) is 37.9 Å². The molecule has 0 saturated heterocycles. The summed E-state index contributed by atoms with van der Waals surface area (Å²) in [6.07, 6.45) is 7.98. The molecular weight excluding hydrogens is 232 g/mol. The van der Waals surface area contributed by atoms with Gasteiger partial charge in [0.25, 0.3) is 0 Å². The van der Waals surface area contributed by atoms with Crippen LogP contribution in [-0.2, 0) is 9.59 Å². The van der Waals surface area contributed by atoms with Crippen molar-refractivity contribution < 1.29 is 9.59 Å². The molecule has 0 heterocycles. The van der Waals surface area contributed by atoms with E-state index in [-0.39, 0.29) is 16.8 Å². The van der Waals surface area contributed by atoms with Crippen molar-refractivity contribution in [3.05, 3.63) is 11.6 Å². The van der Waals surface area contributed by atoms with Gasteiger partial charge in [0.15, 0.2) is 5.78 Å². The van der Waals surface area contributed by atoms with Gasteiger partial charge in [-0.25, -0.2) is 0 Å². The second-order valence-electron chi connectivity index (χ2n) is 4.45. The molecule has 1 fully saturated rings. The third-order valence-electron chi connectivity index (χ3n) is 3.15. The van der Waals surface area contributed by atoms with Crippen LogP contribution in [0.2, 0.25) is 0 Å². The molecule has 96 valence electrons. The smallest absolute Gasteiger partial charge is 0.222 e. The first-order chi connectivity index (χ1) is 8.20. The average molecular weight is 254 g/mol. The minimum atomic E-state index is -0.0371. The summed E-state index contributed by atoms with van der Waals surface area (Å²) >= 11 is 1.24. The Hall–Kier alpha value is -0.570. The van der Waals surface area contributed by atoms with Crippen molar-refractivity contribution in [3.63, 3.8) is 0 Å². The van der Waals surface area contributed by atoms with Crippen molar-refractivity contribution in [2.75, 3.05) is 5.75 Å². The van der Waals surface area contributed by atoms with Gasteiger partial charge in [0.1, 0.15) is 0 Å². The van der Waals surface area contributed by atoms with Gasteiger partial charge in [-0.2, -0.15) is 0 Å². The average Bonchev–Trinajstić information content (AvgIpc) is 2.36. The van der Waals surface area contributed by atoms with Crippen LogP contribution in [-0.4, -0.2) is 16.7 Å². The fraction of sp³-hybridized carbons (Fsp3) is 0.714. The standard InChI is InChI=1S/C14H22O2S/c1-3-8-12(14(16)17-4-2)13(15)11-9-6-5-7-10-11/h8,11H,3-7,9-10H2,1-2H3/b12-8-. The van der Waals surface area contributed by atoms with E-state index in [4.69, 9.17) is 0 Å². The topological polar surface area (TPSA) is 34.1 Å². The van der Waals surface area contributed by atoms with Gasteiger partial charge < -0.3 is 0 Å². The summed E-state index contributed by atoms with van der Waals surface area (Å²) in [5, 5.41) is -0.0371. The van der Waals surface area contributed by atoms with Crippen molar-refractivity contribution in [1.29, 1.82) is 0 Å². The van der Waals surface area contributed by atoms with Gasteiger partial charge in [-0.15, -0.1) is 0 Å². The molecule has 2 nitrogen and oxygen atoms in total. The molecule has 0 aromatic heterocycles. The quantitative estimate of drug-likeness (QED) is 0.425. The van der Waals surface area contributed by atoms with E-state index < -0.39 is 0 Å². The summed E-state index contributed by atoms with van der Waals surface area (Å²) in [7, 11) is 0. The molecule has 1 saturated carbocycles. The van der Waals surface area contributed by atoms with E-state index in [9.17, 15) is 9.59 Å². The van der Waals surface area contributed by atoms with E-state index in [2.05, 4.69) is 0 Å². The number of hydrogen-bond acceptors (Lipinski definition) is 3. The lowest BCUT2D eigenvalue weighted by atomic mass is 9.84. The summed E-state index contributed by atoms with van der Waals surface area (Å²) in [6, 6.07) is 0. The second-order valence-corrected chi connectivity index (χ2v) is 5.68. The molecule has 0 aromatic rings. The van der Waals surface area contributed by atoms with E-state index in [1.165, 1.54) is 18.2 Å². The highest BCUT2D eigenvalue weighted by Gasteiger charge is 2.27. The molecule has 0 aliphatic heterocycles. The molecule has 1 aliphatic carbocycles. The van der Waals surface area contributed by atoms with Crippen LogP contribution in [0.15, 0.2) is 11.6 Å². The van der Waals surface area contributed by atoms with Gasteiger partial charge in [-0.05, 0) is 25.0 Å². The maximum Gasteiger partial charge on any atom is 0.222 e. The normalized spacial score (nSPS) is 18.1. The first-order valence-electron chi connectivity index (χ1n) is 6.62. The third kappa shape index (κ3) is 4.30. The highest BCUT2D eigenvalue weighted by molar-refractivity contribution is 8.14. The van der Waals surface area contributed by atoms with Crippen LogP contribution in [0.25, 0.3) is 0 Å². The molecule has 0 spiro atoms. The number of carbonyl (C=O) groups excluding carboxylic acids is 2.